The molecule has 1 aliphatic carbocycles. The van der Waals surface area contributed by atoms with Crippen LogP contribution in [0.25, 0.3) is 0 Å². The summed E-state index contributed by atoms with van der Waals surface area (Å²) in [6, 6.07) is 0. The molecule has 4 nitrogen and oxygen atoms in total. The molecule has 0 heterocycles. The number of rotatable bonds is 12. The van der Waals surface area contributed by atoms with Crippen LogP contribution in [0.2, 0.25) is 0 Å². The molecular weight excluding hydrogens is 316 g/mol. The van der Waals surface area contributed by atoms with Crippen LogP contribution >= 0.6 is 0 Å². The molecule has 0 aromatic rings. The van der Waals surface area contributed by atoms with Gasteiger partial charge in [-0.3, -0.25) is 9.59 Å². The van der Waals surface area contributed by atoms with Crippen molar-refractivity contribution in [2.45, 2.75) is 110 Å². The second kappa shape index (κ2) is 11.5. The quantitative estimate of drug-likeness (QED) is 0.276. The molecule has 0 amide bonds. The van der Waals surface area contributed by atoms with Crippen molar-refractivity contribution in [3.8, 4) is 0 Å². The summed E-state index contributed by atoms with van der Waals surface area (Å²) < 4.78 is 5.82. The zero-order valence-corrected chi connectivity index (χ0v) is 16.5. The van der Waals surface area contributed by atoms with Crippen LogP contribution in [0.4, 0.5) is 0 Å². The molecule has 1 N–H and O–H groups in total. The lowest BCUT2D eigenvalue weighted by Gasteiger charge is -2.33. The molecule has 1 aliphatic rings. The van der Waals surface area contributed by atoms with Crippen LogP contribution in [0.15, 0.2) is 0 Å². The average Bonchev–Trinajstić information content (AvgIpc) is 2.61. The van der Waals surface area contributed by atoms with Gasteiger partial charge in [0.15, 0.2) is 5.41 Å². The molecule has 0 radical (unpaired) electrons. The Morgan fingerprint density at radius 2 is 1.60 bits per heavy atom. The van der Waals surface area contributed by atoms with Crippen molar-refractivity contribution in [2.75, 3.05) is 0 Å². The minimum Gasteiger partial charge on any atom is -0.480 e. The Kier molecular flexibility index (Phi) is 10.1. The number of carboxylic acids is 1. The summed E-state index contributed by atoms with van der Waals surface area (Å²) in [4.78, 5) is 24.6. The van der Waals surface area contributed by atoms with Gasteiger partial charge in [0.05, 0.1) is 0 Å². The van der Waals surface area contributed by atoms with Gasteiger partial charge in [-0.05, 0) is 31.6 Å². The molecule has 2 unspecified atom stereocenters. The van der Waals surface area contributed by atoms with E-state index in [0.717, 1.165) is 44.9 Å². The third kappa shape index (κ3) is 6.63. The minimum atomic E-state index is -1.30. The third-order valence-corrected chi connectivity index (χ3v) is 5.74. The van der Waals surface area contributed by atoms with E-state index in [1.165, 1.54) is 25.7 Å². The summed E-state index contributed by atoms with van der Waals surface area (Å²) in [5.74, 6) is -1.20. The van der Waals surface area contributed by atoms with E-state index in [-0.39, 0.29) is 6.10 Å². The lowest BCUT2D eigenvalue weighted by molar-refractivity contribution is -0.177. The van der Waals surface area contributed by atoms with Gasteiger partial charge in [0.1, 0.15) is 6.10 Å². The predicted octanol–water partition coefficient (Wildman–Crippen LogP) is 5.73. The zero-order valence-electron chi connectivity index (χ0n) is 16.5. The van der Waals surface area contributed by atoms with Crippen molar-refractivity contribution >= 4 is 11.9 Å². The van der Waals surface area contributed by atoms with E-state index in [1.54, 1.807) is 0 Å². The molecule has 1 saturated carbocycles. The topological polar surface area (TPSA) is 63.6 Å². The number of hydrogen-bond donors (Lipinski definition) is 1. The fraction of sp³-hybridized carbons (Fsp3) is 0.905. The molecule has 146 valence electrons. The van der Waals surface area contributed by atoms with Crippen molar-refractivity contribution in [1.29, 1.82) is 0 Å². The van der Waals surface area contributed by atoms with E-state index in [4.69, 9.17) is 4.74 Å². The summed E-state index contributed by atoms with van der Waals surface area (Å²) in [5, 5.41) is 9.66. The molecule has 0 saturated heterocycles. The fourth-order valence-corrected chi connectivity index (χ4v) is 3.91. The van der Waals surface area contributed by atoms with Gasteiger partial charge in [-0.1, -0.05) is 78.6 Å². The Hall–Kier alpha value is -1.06. The Bertz CT molecular complexity index is 399. The van der Waals surface area contributed by atoms with Crippen LogP contribution in [0.1, 0.15) is 104 Å². The number of unbranched alkanes of at least 4 members (excludes halogenated alkanes) is 4. The van der Waals surface area contributed by atoms with E-state index in [1.807, 2.05) is 0 Å². The van der Waals surface area contributed by atoms with E-state index in [2.05, 4.69) is 20.8 Å². The van der Waals surface area contributed by atoms with Gasteiger partial charge < -0.3 is 9.84 Å². The first-order valence-corrected chi connectivity index (χ1v) is 10.4. The van der Waals surface area contributed by atoms with Crippen molar-refractivity contribution in [2.24, 2.45) is 11.3 Å². The zero-order chi connectivity index (χ0) is 18.7. The van der Waals surface area contributed by atoms with Gasteiger partial charge in [-0.2, -0.15) is 0 Å². The van der Waals surface area contributed by atoms with Gasteiger partial charge >= 0.3 is 11.9 Å². The first-order chi connectivity index (χ1) is 12.0. The summed E-state index contributed by atoms with van der Waals surface area (Å²) >= 11 is 0. The minimum absolute atomic E-state index is 0.151. The highest BCUT2D eigenvalue weighted by molar-refractivity contribution is 5.99. The molecule has 1 fully saturated rings. The summed E-state index contributed by atoms with van der Waals surface area (Å²) in [5.41, 5.74) is -1.30. The van der Waals surface area contributed by atoms with E-state index in [9.17, 15) is 14.7 Å². The Morgan fingerprint density at radius 3 is 2.16 bits per heavy atom. The van der Waals surface area contributed by atoms with Crippen LogP contribution < -0.4 is 0 Å². The van der Waals surface area contributed by atoms with Gasteiger partial charge in [-0.15, -0.1) is 0 Å². The molecule has 2 atom stereocenters. The van der Waals surface area contributed by atoms with Crippen LogP contribution in [0, 0.1) is 11.3 Å². The van der Waals surface area contributed by atoms with Crippen LogP contribution in [0.5, 0.6) is 0 Å². The Balaban J connectivity index is 2.62. The van der Waals surface area contributed by atoms with Crippen LogP contribution in [-0.4, -0.2) is 23.1 Å². The number of ether oxygens (including phenoxy) is 1. The summed E-state index contributed by atoms with van der Waals surface area (Å²) in [7, 11) is 0. The highest BCUT2D eigenvalue weighted by Crippen LogP contribution is 2.39. The highest BCUT2D eigenvalue weighted by Gasteiger charge is 2.49. The van der Waals surface area contributed by atoms with Gasteiger partial charge in [0, 0.05) is 0 Å². The first-order valence-electron chi connectivity index (χ1n) is 10.4. The number of hydrogen-bond acceptors (Lipinski definition) is 3. The van der Waals surface area contributed by atoms with Crippen LogP contribution in [0.3, 0.4) is 0 Å². The second-order valence-corrected chi connectivity index (χ2v) is 7.86. The molecule has 0 spiro atoms. The monoisotopic (exact) mass is 354 g/mol. The highest BCUT2D eigenvalue weighted by atomic mass is 16.5. The molecule has 0 aromatic carbocycles. The summed E-state index contributed by atoms with van der Waals surface area (Å²) in [6.45, 7) is 6.44. The first kappa shape index (κ1) is 22.0. The second-order valence-electron chi connectivity index (χ2n) is 7.86. The Morgan fingerprint density at radius 1 is 0.960 bits per heavy atom. The van der Waals surface area contributed by atoms with E-state index >= 15 is 0 Å². The average molecular weight is 355 g/mol. The largest absolute Gasteiger partial charge is 0.480 e. The third-order valence-electron chi connectivity index (χ3n) is 5.74. The number of esters is 1. The number of carboxylic acid groups (broad SMARTS) is 1. The fourth-order valence-electron chi connectivity index (χ4n) is 3.91. The van der Waals surface area contributed by atoms with Gasteiger partial charge in [0.25, 0.3) is 0 Å². The van der Waals surface area contributed by atoms with Crippen molar-refractivity contribution in [1.82, 2.24) is 0 Å². The maximum atomic E-state index is 12.8. The van der Waals surface area contributed by atoms with Gasteiger partial charge in [-0.25, -0.2) is 0 Å². The maximum Gasteiger partial charge on any atom is 0.323 e. The summed E-state index contributed by atoms with van der Waals surface area (Å²) in [6.07, 6.45) is 12.3. The molecule has 0 aromatic heterocycles. The molecule has 1 rings (SSSR count). The number of carbonyl (C=O) groups excluding carboxylic acids is 1. The van der Waals surface area contributed by atoms with Gasteiger partial charge in [0.2, 0.25) is 0 Å². The lowest BCUT2D eigenvalue weighted by Crippen LogP contribution is -2.44. The molecule has 0 bridgehead atoms. The molecule has 0 aliphatic heterocycles. The number of carbonyl (C=O) groups is 2. The van der Waals surface area contributed by atoms with E-state index < -0.39 is 17.4 Å². The SMILES string of the molecule is CCCCCCCC(C)C(CCC)OC(=O)C1(C(=O)O)CCCCC1. The molecule has 4 heteroatoms. The standard InChI is InChI=1S/C21H38O4/c1-4-6-7-8-10-14-17(3)18(13-5-2)25-20(24)21(19(22)23)15-11-9-12-16-21/h17-18H,4-16H2,1-3H3,(H,22,23). The Labute approximate surface area is 153 Å². The maximum absolute atomic E-state index is 12.8. The molecular formula is C21H38O4. The molecule has 25 heavy (non-hydrogen) atoms. The number of aliphatic carboxylic acids is 1. The van der Waals surface area contributed by atoms with Crippen molar-refractivity contribution in [3.63, 3.8) is 0 Å². The van der Waals surface area contributed by atoms with Crippen LogP contribution in [-0.2, 0) is 14.3 Å². The van der Waals surface area contributed by atoms with E-state index in [0.29, 0.717) is 18.8 Å². The smallest absolute Gasteiger partial charge is 0.323 e. The lowest BCUT2D eigenvalue weighted by atomic mass is 9.74. The van der Waals surface area contributed by atoms with Crippen molar-refractivity contribution < 1.29 is 19.4 Å². The van der Waals surface area contributed by atoms with Crippen molar-refractivity contribution in [3.05, 3.63) is 0 Å². The predicted molar refractivity (Wildman–Crippen MR) is 100 cm³/mol. The normalized spacial score (nSPS) is 19.2.